The molecule has 2 aromatic carbocycles. The molecule has 2 rings (SSSR count). The summed E-state index contributed by atoms with van der Waals surface area (Å²) in [5.74, 6) is -1.75. The molecule has 2 N–H and O–H groups in total. The van der Waals surface area contributed by atoms with Gasteiger partial charge in [0, 0.05) is 0 Å². The van der Waals surface area contributed by atoms with Crippen molar-refractivity contribution in [3.63, 3.8) is 0 Å². The van der Waals surface area contributed by atoms with Crippen molar-refractivity contribution in [2.45, 2.75) is 6.92 Å². The van der Waals surface area contributed by atoms with Gasteiger partial charge in [-0.25, -0.2) is 14.6 Å². The SMILES string of the molecule is C/C(=N/NC(=O)COc1ccccc1F)c1ccc(OCC(=O)O)cc1. The van der Waals surface area contributed by atoms with Crippen molar-refractivity contribution in [2.24, 2.45) is 5.10 Å². The first-order valence-electron chi connectivity index (χ1n) is 7.61. The first-order chi connectivity index (χ1) is 12.5. The van der Waals surface area contributed by atoms with E-state index in [9.17, 15) is 14.0 Å². The van der Waals surface area contributed by atoms with E-state index in [-0.39, 0.29) is 12.4 Å². The number of rotatable bonds is 8. The van der Waals surface area contributed by atoms with Crippen molar-refractivity contribution in [2.75, 3.05) is 13.2 Å². The van der Waals surface area contributed by atoms with Crippen molar-refractivity contribution in [3.8, 4) is 11.5 Å². The highest BCUT2D eigenvalue weighted by Gasteiger charge is 2.06. The number of nitrogens with zero attached hydrogens (tertiary/aromatic N) is 1. The van der Waals surface area contributed by atoms with E-state index in [2.05, 4.69) is 10.5 Å². The third-order valence-electron chi connectivity index (χ3n) is 3.18. The highest BCUT2D eigenvalue weighted by Crippen LogP contribution is 2.15. The molecule has 0 spiro atoms. The van der Waals surface area contributed by atoms with E-state index in [4.69, 9.17) is 14.6 Å². The number of halogens is 1. The predicted octanol–water partition coefficient (Wildman–Crippen LogP) is 2.21. The number of carbonyl (C=O) groups excluding carboxylic acids is 1. The quantitative estimate of drug-likeness (QED) is 0.556. The molecule has 0 aliphatic heterocycles. The Morgan fingerprint density at radius 3 is 2.42 bits per heavy atom. The monoisotopic (exact) mass is 360 g/mol. The van der Waals surface area contributed by atoms with Gasteiger partial charge in [-0.15, -0.1) is 0 Å². The van der Waals surface area contributed by atoms with Gasteiger partial charge < -0.3 is 14.6 Å². The van der Waals surface area contributed by atoms with E-state index in [0.29, 0.717) is 17.0 Å². The minimum Gasteiger partial charge on any atom is -0.482 e. The largest absolute Gasteiger partial charge is 0.482 e. The first kappa shape index (κ1) is 18.9. The maximum Gasteiger partial charge on any atom is 0.341 e. The second kappa shape index (κ2) is 9.16. The van der Waals surface area contributed by atoms with E-state index in [1.807, 2.05) is 0 Å². The Hall–Kier alpha value is -3.42. The number of benzene rings is 2. The van der Waals surface area contributed by atoms with Crippen molar-refractivity contribution in [1.82, 2.24) is 5.43 Å². The molecule has 136 valence electrons. The normalized spacial score (nSPS) is 10.9. The van der Waals surface area contributed by atoms with Gasteiger partial charge in [-0.05, 0) is 48.9 Å². The zero-order chi connectivity index (χ0) is 18.9. The second-order valence-electron chi connectivity index (χ2n) is 5.16. The van der Waals surface area contributed by atoms with Crippen molar-refractivity contribution >= 4 is 17.6 Å². The van der Waals surface area contributed by atoms with Crippen molar-refractivity contribution < 1.29 is 28.6 Å². The fourth-order valence-corrected chi connectivity index (χ4v) is 1.89. The number of amides is 1. The Kier molecular flexibility index (Phi) is 6.67. The first-order valence-corrected chi connectivity index (χ1v) is 7.61. The van der Waals surface area contributed by atoms with Crippen LogP contribution < -0.4 is 14.9 Å². The number of para-hydroxylation sites is 1. The number of carbonyl (C=O) groups is 2. The van der Waals surface area contributed by atoms with Gasteiger partial charge in [0.05, 0.1) is 5.71 Å². The minimum atomic E-state index is -1.06. The van der Waals surface area contributed by atoms with Gasteiger partial charge in [0.25, 0.3) is 5.91 Å². The van der Waals surface area contributed by atoms with Gasteiger partial charge in [0.15, 0.2) is 24.8 Å². The average molecular weight is 360 g/mol. The highest BCUT2D eigenvalue weighted by atomic mass is 19.1. The number of carboxylic acids is 1. The second-order valence-corrected chi connectivity index (χ2v) is 5.16. The summed E-state index contributed by atoms with van der Waals surface area (Å²) in [6.45, 7) is 0.884. The molecule has 0 unspecified atom stereocenters. The standard InChI is InChI=1S/C18H17FN2O5/c1-12(13-6-8-14(9-7-13)25-11-18(23)24)20-21-17(22)10-26-16-5-3-2-4-15(16)19/h2-9H,10-11H2,1H3,(H,21,22)(H,23,24)/b20-12-. The lowest BCUT2D eigenvalue weighted by Gasteiger charge is -2.07. The van der Waals surface area contributed by atoms with Crippen molar-refractivity contribution in [3.05, 3.63) is 59.9 Å². The number of aliphatic carboxylic acids is 1. The topological polar surface area (TPSA) is 97.2 Å². The van der Waals surface area contributed by atoms with Crippen LogP contribution in [0.5, 0.6) is 11.5 Å². The maximum atomic E-state index is 13.4. The van der Waals surface area contributed by atoms with Gasteiger partial charge >= 0.3 is 5.97 Å². The van der Waals surface area contributed by atoms with Crippen LogP contribution in [0.4, 0.5) is 4.39 Å². The van der Waals surface area contributed by atoms with Gasteiger partial charge in [-0.3, -0.25) is 4.79 Å². The molecule has 0 atom stereocenters. The number of nitrogens with one attached hydrogen (secondary N) is 1. The number of hydrogen-bond acceptors (Lipinski definition) is 5. The van der Waals surface area contributed by atoms with Gasteiger partial charge in [0.2, 0.25) is 0 Å². The summed E-state index contributed by atoms with van der Waals surface area (Å²) < 4.78 is 23.5. The molecular formula is C18H17FN2O5. The lowest BCUT2D eigenvalue weighted by molar-refractivity contribution is -0.139. The Balaban J connectivity index is 1.85. The van der Waals surface area contributed by atoms with Gasteiger partial charge in [-0.2, -0.15) is 5.10 Å². The van der Waals surface area contributed by atoms with E-state index in [0.717, 1.165) is 0 Å². The third-order valence-corrected chi connectivity index (χ3v) is 3.18. The lowest BCUT2D eigenvalue weighted by Crippen LogP contribution is -2.25. The molecule has 0 aliphatic carbocycles. The number of hydrazone groups is 1. The molecule has 0 saturated carbocycles. The number of ether oxygens (including phenoxy) is 2. The molecule has 7 nitrogen and oxygen atoms in total. The Morgan fingerprint density at radius 2 is 1.77 bits per heavy atom. The molecule has 0 saturated heterocycles. The van der Waals surface area contributed by atoms with Crippen LogP contribution in [0, 0.1) is 5.82 Å². The molecule has 0 aliphatic rings. The van der Waals surface area contributed by atoms with E-state index >= 15 is 0 Å². The van der Waals surface area contributed by atoms with Crippen LogP contribution in [0.25, 0.3) is 0 Å². The van der Waals surface area contributed by atoms with E-state index in [1.165, 1.54) is 18.2 Å². The maximum absolute atomic E-state index is 13.4. The highest BCUT2D eigenvalue weighted by molar-refractivity contribution is 5.99. The molecule has 0 heterocycles. The van der Waals surface area contributed by atoms with Crippen LogP contribution in [-0.4, -0.2) is 35.9 Å². The van der Waals surface area contributed by atoms with Crippen LogP contribution in [0.2, 0.25) is 0 Å². The summed E-state index contributed by atoms with van der Waals surface area (Å²) in [5, 5.41) is 12.5. The minimum absolute atomic E-state index is 0.0136. The van der Waals surface area contributed by atoms with E-state index < -0.39 is 24.3 Å². The average Bonchev–Trinajstić information content (AvgIpc) is 2.64. The summed E-state index contributed by atoms with van der Waals surface area (Å²) in [5.41, 5.74) is 3.55. The van der Waals surface area contributed by atoms with Crippen LogP contribution in [0.3, 0.4) is 0 Å². The molecule has 0 fully saturated rings. The number of hydrogen-bond donors (Lipinski definition) is 2. The number of carboxylic acid groups (broad SMARTS) is 1. The lowest BCUT2D eigenvalue weighted by atomic mass is 10.1. The molecule has 26 heavy (non-hydrogen) atoms. The van der Waals surface area contributed by atoms with Crippen molar-refractivity contribution in [1.29, 1.82) is 0 Å². The molecule has 0 bridgehead atoms. The Morgan fingerprint density at radius 1 is 1.08 bits per heavy atom. The summed E-state index contributed by atoms with van der Waals surface area (Å²) >= 11 is 0. The summed E-state index contributed by atoms with van der Waals surface area (Å²) in [7, 11) is 0. The van der Waals surface area contributed by atoms with Crippen LogP contribution in [0.1, 0.15) is 12.5 Å². The van der Waals surface area contributed by atoms with Gasteiger partial charge in [-0.1, -0.05) is 12.1 Å². The molecule has 8 heteroatoms. The molecule has 0 aromatic heterocycles. The van der Waals surface area contributed by atoms with E-state index in [1.54, 1.807) is 37.3 Å². The Labute approximate surface area is 149 Å². The fourth-order valence-electron chi connectivity index (χ4n) is 1.89. The zero-order valence-corrected chi connectivity index (χ0v) is 13.9. The molecular weight excluding hydrogens is 343 g/mol. The summed E-state index contributed by atoms with van der Waals surface area (Å²) in [6.07, 6.45) is 0. The molecule has 1 amide bonds. The van der Waals surface area contributed by atoms with Crippen LogP contribution >= 0.6 is 0 Å². The van der Waals surface area contributed by atoms with Crippen LogP contribution in [0.15, 0.2) is 53.6 Å². The summed E-state index contributed by atoms with van der Waals surface area (Å²) in [4.78, 5) is 22.2. The smallest absolute Gasteiger partial charge is 0.341 e. The fraction of sp³-hybridized carbons (Fsp3) is 0.167. The predicted molar refractivity (Wildman–Crippen MR) is 91.8 cm³/mol. The van der Waals surface area contributed by atoms with Gasteiger partial charge in [0.1, 0.15) is 5.75 Å². The third kappa shape index (κ3) is 5.90. The summed E-state index contributed by atoms with van der Waals surface area (Å²) in [6, 6.07) is 12.3. The molecule has 0 radical (unpaired) electrons. The molecule has 2 aromatic rings. The van der Waals surface area contributed by atoms with Crippen LogP contribution in [-0.2, 0) is 9.59 Å². The zero-order valence-electron chi connectivity index (χ0n) is 13.9. The Bertz CT molecular complexity index is 805.